The maximum Gasteiger partial charge on any atom is 0.325 e. The number of rotatable bonds is 4. The molecule has 9 heteroatoms. The minimum Gasteiger partial charge on any atom is -0.468 e. The number of methoxy groups -OCH3 is 1. The molecule has 6 rings (SSSR count). The first kappa shape index (κ1) is 22.0. The lowest BCUT2D eigenvalue weighted by atomic mass is 10.0. The largest absolute Gasteiger partial charge is 0.468 e. The molecule has 0 saturated heterocycles. The molecule has 0 atom stereocenters. The van der Waals surface area contributed by atoms with Crippen LogP contribution in [0.3, 0.4) is 0 Å². The van der Waals surface area contributed by atoms with Gasteiger partial charge in [-0.25, -0.2) is 4.98 Å². The molecule has 1 aliphatic heterocycles. The first-order valence-electron chi connectivity index (χ1n) is 11.1. The maximum atomic E-state index is 13.6. The Balaban J connectivity index is 1.53. The lowest BCUT2D eigenvalue weighted by Gasteiger charge is -2.08. The van der Waals surface area contributed by atoms with Crippen LogP contribution in [0.4, 0.5) is 0 Å². The van der Waals surface area contributed by atoms with Gasteiger partial charge in [0.25, 0.3) is 5.91 Å². The van der Waals surface area contributed by atoms with Crippen LogP contribution in [0, 0.1) is 0 Å². The monoisotopic (exact) mass is 497 g/mol. The number of aromatic nitrogens is 2. The van der Waals surface area contributed by atoms with Crippen molar-refractivity contribution in [2.24, 2.45) is 4.99 Å². The molecule has 3 aromatic carbocycles. The first-order chi connectivity index (χ1) is 17.6. The van der Waals surface area contributed by atoms with E-state index in [0.29, 0.717) is 44.0 Å². The van der Waals surface area contributed by atoms with E-state index in [-0.39, 0.29) is 13.3 Å². The molecule has 1 aliphatic rings. The molecule has 0 bridgehead atoms. The number of hydrogen-bond acceptors (Lipinski definition) is 7. The van der Waals surface area contributed by atoms with Gasteiger partial charge in [0.2, 0.25) is 6.79 Å². The summed E-state index contributed by atoms with van der Waals surface area (Å²) in [6, 6.07) is 22.5. The smallest absolute Gasteiger partial charge is 0.325 e. The van der Waals surface area contributed by atoms with Crippen LogP contribution in [-0.4, -0.2) is 35.3 Å². The lowest BCUT2D eigenvalue weighted by Crippen LogP contribution is -2.22. The summed E-state index contributed by atoms with van der Waals surface area (Å²) in [6.07, 6.45) is 0. The van der Waals surface area contributed by atoms with Crippen molar-refractivity contribution >= 4 is 44.3 Å². The minimum atomic E-state index is -0.456. The number of para-hydroxylation sites is 1. The van der Waals surface area contributed by atoms with Gasteiger partial charge in [0.05, 0.1) is 34.1 Å². The van der Waals surface area contributed by atoms with Gasteiger partial charge < -0.3 is 18.8 Å². The Kier molecular flexibility index (Phi) is 5.46. The van der Waals surface area contributed by atoms with E-state index < -0.39 is 11.9 Å². The lowest BCUT2D eigenvalue weighted by molar-refractivity contribution is -0.141. The van der Waals surface area contributed by atoms with Gasteiger partial charge in [0, 0.05) is 23.1 Å². The standard InChI is InChI=1S/C27H19N3O5S/c1-33-25(31)14-30-21-12-22-23(35-15-34-22)13-24(21)36-27(30)29-26(32)18-11-20(16-7-3-2-4-8-16)28-19-10-6-5-9-17(18)19/h2-13H,14-15H2,1H3. The van der Waals surface area contributed by atoms with Crippen LogP contribution in [-0.2, 0) is 16.1 Å². The number of carbonyl (C=O) groups is 2. The number of benzene rings is 3. The fourth-order valence-corrected chi connectivity index (χ4v) is 5.19. The maximum absolute atomic E-state index is 13.6. The zero-order valence-corrected chi connectivity index (χ0v) is 20.0. The fraction of sp³-hybridized carbons (Fsp3) is 0.111. The van der Waals surface area contributed by atoms with Crippen molar-refractivity contribution in [1.29, 1.82) is 0 Å². The number of thiazole rings is 1. The van der Waals surface area contributed by atoms with Gasteiger partial charge in [0.15, 0.2) is 16.3 Å². The molecule has 5 aromatic rings. The number of hydrogen-bond donors (Lipinski definition) is 0. The molecule has 0 aliphatic carbocycles. The van der Waals surface area contributed by atoms with Crippen molar-refractivity contribution < 1.29 is 23.8 Å². The van der Waals surface area contributed by atoms with Gasteiger partial charge >= 0.3 is 5.97 Å². The number of esters is 1. The van der Waals surface area contributed by atoms with Crippen molar-refractivity contribution in [2.75, 3.05) is 13.9 Å². The predicted molar refractivity (Wildman–Crippen MR) is 135 cm³/mol. The van der Waals surface area contributed by atoms with Crippen LogP contribution in [0.15, 0.2) is 77.8 Å². The number of fused-ring (bicyclic) bond motifs is 3. The summed E-state index contributed by atoms with van der Waals surface area (Å²) >= 11 is 1.29. The average Bonchev–Trinajstić information content (AvgIpc) is 3.50. The Morgan fingerprint density at radius 1 is 1.03 bits per heavy atom. The van der Waals surface area contributed by atoms with E-state index in [4.69, 9.17) is 19.2 Å². The minimum absolute atomic E-state index is 0.103. The van der Waals surface area contributed by atoms with E-state index in [9.17, 15) is 9.59 Å². The van der Waals surface area contributed by atoms with Gasteiger partial charge in [-0.2, -0.15) is 4.99 Å². The predicted octanol–water partition coefficient (Wildman–Crippen LogP) is 4.56. The summed E-state index contributed by atoms with van der Waals surface area (Å²) in [6.45, 7) is 0.0345. The number of nitrogens with zero attached hydrogens (tertiary/aromatic N) is 3. The summed E-state index contributed by atoms with van der Waals surface area (Å²) in [7, 11) is 1.32. The van der Waals surface area contributed by atoms with Crippen LogP contribution < -0.4 is 14.3 Å². The van der Waals surface area contributed by atoms with E-state index in [2.05, 4.69) is 4.99 Å². The topological polar surface area (TPSA) is 92.0 Å². The summed E-state index contributed by atoms with van der Waals surface area (Å²) < 4.78 is 18.3. The number of amides is 1. The highest BCUT2D eigenvalue weighted by Gasteiger charge is 2.20. The molecule has 178 valence electrons. The zero-order valence-electron chi connectivity index (χ0n) is 19.1. The second-order valence-electron chi connectivity index (χ2n) is 8.08. The third-order valence-electron chi connectivity index (χ3n) is 5.91. The Morgan fingerprint density at radius 2 is 1.78 bits per heavy atom. The Hall–Kier alpha value is -4.50. The van der Waals surface area contributed by atoms with Crippen molar-refractivity contribution in [3.05, 3.63) is 83.2 Å². The van der Waals surface area contributed by atoms with Crippen LogP contribution in [0.5, 0.6) is 11.5 Å². The average molecular weight is 498 g/mol. The third kappa shape index (κ3) is 3.89. The molecule has 0 spiro atoms. The normalized spacial score (nSPS) is 12.9. The van der Waals surface area contributed by atoms with E-state index >= 15 is 0 Å². The molecular formula is C27H19N3O5S. The number of ether oxygens (including phenoxy) is 3. The van der Waals surface area contributed by atoms with Crippen molar-refractivity contribution in [2.45, 2.75) is 6.54 Å². The molecule has 0 saturated carbocycles. The second kappa shape index (κ2) is 8.94. The number of pyridine rings is 1. The third-order valence-corrected chi connectivity index (χ3v) is 6.95. The highest BCUT2D eigenvalue weighted by Crippen LogP contribution is 2.37. The SMILES string of the molecule is COC(=O)Cn1c(=NC(=O)c2cc(-c3ccccc3)nc3ccccc23)sc2cc3c(cc21)OCO3. The molecular weight excluding hydrogens is 478 g/mol. The Morgan fingerprint density at radius 3 is 2.58 bits per heavy atom. The van der Waals surface area contributed by atoms with Gasteiger partial charge in [-0.1, -0.05) is 59.9 Å². The summed E-state index contributed by atoms with van der Waals surface area (Å²) in [4.78, 5) is 35.4. The Bertz CT molecular complexity index is 1720. The van der Waals surface area contributed by atoms with Crippen molar-refractivity contribution in [1.82, 2.24) is 9.55 Å². The molecule has 0 radical (unpaired) electrons. The van der Waals surface area contributed by atoms with Gasteiger partial charge in [0.1, 0.15) is 6.54 Å². The fourth-order valence-electron chi connectivity index (χ4n) is 4.15. The van der Waals surface area contributed by atoms with Gasteiger partial charge in [-0.15, -0.1) is 0 Å². The molecule has 2 aromatic heterocycles. The molecule has 0 unspecified atom stereocenters. The molecule has 36 heavy (non-hydrogen) atoms. The van der Waals surface area contributed by atoms with Crippen LogP contribution in [0.2, 0.25) is 0 Å². The van der Waals surface area contributed by atoms with Crippen LogP contribution in [0.25, 0.3) is 32.4 Å². The molecule has 8 nitrogen and oxygen atoms in total. The van der Waals surface area contributed by atoms with Gasteiger partial charge in [-0.3, -0.25) is 9.59 Å². The second-order valence-corrected chi connectivity index (χ2v) is 9.08. The van der Waals surface area contributed by atoms with Crippen LogP contribution in [0.1, 0.15) is 10.4 Å². The van der Waals surface area contributed by atoms with Crippen LogP contribution >= 0.6 is 11.3 Å². The number of carbonyl (C=O) groups excluding carboxylic acids is 2. The van der Waals surface area contributed by atoms with E-state index in [1.807, 2.05) is 60.7 Å². The Labute approximate surface area is 209 Å². The molecule has 0 fully saturated rings. The van der Waals surface area contributed by atoms with E-state index in [1.165, 1.54) is 18.4 Å². The van der Waals surface area contributed by atoms with E-state index in [1.54, 1.807) is 16.7 Å². The summed E-state index contributed by atoms with van der Waals surface area (Å²) in [5, 5.41) is 0.701. The van der Waals surface area contributed by atoms with E-state index in [0.717, 1.165) is 10.3 Å². The summed E-state index contributed by atoms with van der Waals surface area (Å²) in [5.41, 5.74) is 3.40. The molecule has 3 heterocycles. The highest BCUT2D eigenvalue weighted by molar-refractivity contribution is 7.16. The zero-order chi connectivity index (χ0) is 24.6. The molecule has 0 N–H and O–H groups in total. The van der Waals surface area contributed by atoms with Gasteiger partial charge in [-0.05, 0) is 12.1 Å². The first-order valence-corrected chi connectivity index (χ1v) is 12.0. The van der Waals surface area contributed by atoms with Crippen molar-refractivity contribution in [3.63, 3.8) is 0 Å². The highest BCUT2D eigenvalue weighted by atomic mass is 32.1. The molecule has 1 amide bonds. The quantitative estimate of drug-likeness (QED) is 0.338. The van der Waals surface area contributed by atoms with Crippen molar-refractivity contribution in [3.8, 4) is 22.8 Å². The summed E-state index contributed by atoms with van der Waals surface area (Å²) in [5.74, 6) is 0.293.